The largest absolute Gasteiger partial charge is 0.480 e. The van der Waals surface area contributed by atoms with Gasteiger partial charge in [0.2, 0.25) is 5.91 Å². The van der Waals surface area contributed by atoms with Gasteiger partial charge in [0.25, 0.3) is 0 Å². The third-order valence-electron chi connectivity index (χ3n) is 3.42. The molecule has 1 saturated carbocycles. The second-order valence-corrected chi connectivity index (χ2v) is 5.51. The van der Waals surface area contributed by atoms with E-state index in [1.54, 1.807) is 13.8 Å². The predicted molar refractivity (Wildman–Crippen MR) is 69.4 cm³/mol. The normalized spacial score (nSPS) is 17.4. The average Bonchev–Trinajstić information content (AvgIpc) is 2.29. The summed E-state index contributed by atoms with van der Waals surface area (Å²) in [6, 6.07) is 0.318. The highest BCUT2D eigenvalue weighted by Crippen LogP contribution is 2.17. The molecule has 5 nitrogen and oxygen atoms in total. The van der Waals surface area contributed by atoms with E-state index in [-0.39, 0.29) is 5.91 Å². The van der Waals surface area contributed by atoms with Crippen LogP contribution in [-0.4, -0.2) is 35.1 Å². The summed E-state index contributed by atoms with van der Waals surface area (Å²) in [7, 11) is 0. The lowest BCUT2D eigenvalue weighted by Crippen LogP contribution is -2.48. The van der Waals surface area contributed by atoms with Crippen LogP contribution in [0.2, 0.25) is 0 Å². The van der Waals surface area contributed by atoms with Gasteiger partial charge in [-0.05, 0) is 26.7 Å². The van der Waals surface area contributed by atoms with Gasteiger partial charge in [-0.25, -0.2) is 0 Å². The summed E-state index contributed by atoms with van der Waals surface area (Å²) in [5.74, 6) is -0.897. The number of aliphatic carboxylic acids is 1. The number of carboxylic acid groups (broad SMARTS) is 1. The summed E-state index contributed by atoms with van der Waals surface area (Å²) < 4.78 is 0. The number of nitrogens with one attached hydrogen (secondary N) is 2. The van der Waals surface area contributed by atoms with E-state index in [1.807, 2.05) is 0 Å². The van der Waals surface area contributed by atoms with Gasteiger partial charge < -0.3 is 15.7 Å². The standard InChI is InChI=1S/C13H24N2O3/c1-13(2,12(17)18)14-9-8-11(16)15-10-6-4-3-5-7-10/h10,14H,3-9H2,1-2H3,(H,15,16)(H,17,18). The van der Waals surface area contributed by atoms with E-state index in [2.05, 4.69) is 10.6 Å². The molecule has 0 heterocycles. The number of hydrogen-bond donors (Lipinski definition) is 3. The Labute approximate surface area is 108 Å². The number of carbonyl (C=O) groups is 2. The average molecular weight is 256 g/mol. The first-order valence-electron chi connectivity index (χ1n) is 6.69. The van der Waals surface area contributed by atoms with Crippen LogP contribution in [0, 0.1) is 0 Å². The Morgan fingerprint density at radius 3 is 2.39 bits per heavy atom. The van der Waals surface area contributed by atoms with Gasteiger partial charge in [0.1, 0.15) is 5.54 Å². The molecule has 5 heteroatoms. The molecule has 0 aromatic rings. The molecule has 1 aliphatic rings. The third-order valence-corrected chi connectivity index (χ3v) is 3.42. The quantitative estimate of drug-likeness (QED) is 0.669. The van der Waals surface area contributed by atoms with Gasteiger partial charge in [0.15, 0.2) is 0 Å². The number of hydrogen-bond acceptors (Lipinski definition) is 3. The zero-order valence-corrected chi connectivity index (χ0v) is 11.3. The van der Waals surface area contributed by atoms with Crippen molar-refractivity contribution in [2.45, 2.75) is 64.0 Å². The summed E-state index contributed by atoms with van der Waals surface area (Å²) in [6.07, 6.45) is 6.11. The van der Waals surface area contributed by atoms with Crippen molar-refractivity contribution in [1.82, 2.24) is 10.6 Å². The minimum absolute atomic E-state index is 0.00980. The molecule has 0 aromatic heterocycles. The summed E-state index contributed by atoms with van der Waals surface area (Å²) in [6.45, 7) is 3.57. The van der Waals surface area contributed by atoms with Crippen molar-refractivity contribution in [3.8, 4) is 0 Å². The van der Waals surface area contributed by atoms with Crippen molar-refractivity contribution in [3.63, 3.8) is 0 Å². The topological polar surface area (TPSA) is 78.4 Å². The number of amides is 1. The van der Waals surface area contributed by atoms with Gasteiger partial charge in [-0.3, -0.25) is 9.59 Å². The highest BCUT2D eigenvalue weighted by molar-refractivity contribution is 5.78. The van der Waals surface area contributed by atoms with Crippen LogP contribution < -0.4 is 10.6 Å². The van der Waals surface area contributed by atoms with Gasteiger partial charge in [-0.2, -0.15) is 0 Å². The molecule has 1 amide bonds. The van der Waals surface area contributed by atoms with Crippen LogP contribution >= 0.6 is 0 Å². The van der Waals surface area contributed by atoms with E-state index in [0.29, 0.717) is 19.0 Å². The Morgan fingerprint density at radius 2 is 1.83 bits per heavy atom. The molecule has 1 aliphatic carbocycles. The molecular formula is C13H24N2O3. The van der Waals surface area contributed by atoms with Gasteiger partial charge >= 0.3 is 5.97 Å². The fraction of sp³-hybridized carbons (Fsp3) is 0.846. The number of rotatable bonds is 6. The van der Waals surface area contributed by atoms with Crippen LogP contribution in [0.4, 0.5) is 0 Å². The first kappa shape index (κ1) is 15.0. The fourth-order valence-electron chi connectivity index (χ4n) is 2.11. The van der Waals surface area contributed by atoms with Crippen LogP contribution in [0.3, 0.4) is 0 Å². The smallest absolute Gasteiger partial charge is 0.323 e. The second-order valence-electron chi connectivity index (χ2n) is 5.51. The maximum absolute atomic E-state index is 11.7. The first-order valence-corrected chi connectivity index (χ1v) is 6.69. The zero-order valence-electron chi connectivity index (χ0n) is 11.3. The molecule has 0 bridgehead atoms. The van der Waals surface area contributed by atoms with E-state index in [4.69, 9.17) is 5.11 Å². The molecule has 0 saturated heterocycles. The molecule has 0 aliphatic heterocycles. The Morgan fingerprint density at radius 1 is 1.22 bits per heavy atom. The van der Waals surface area contributed by atoms with E-state index in [9.17, 15) is 9.59 Å². The Bertz CT molecular complexity index is 297. The van der Waals surface area contributed by atoms with Crippen molar-refractivity contribution < 1.29 is 14.7 Å². The van der Waals surface area contributed by atoms with Crippen molar-refractivity contribution in [1.29, 1.82) is 0 Å². The lowest BCUT2D eigenvalue weighted by atomic mass is 9.95. The SMILES string of the molecule is CC(C)(NCCC(=O)NC1CCCCC1)C(=O)O. The van der Waals surface area contributed by atoms with E-state index in [1.165, 1.54) is 19.3 Å². The molecular weight excluding hydrogens is 232 g/mol. The molecule has 104 valence electrons. The first-order chi connectivity index (χ1) is 8.42. The monoisotopic (exact) mass is 256 g/mol. The lowest BCUT2D eigenvalue weighted by Gasteiger charge is -2.24. The highest BCUT2D eigenvalue weighted by atomic mass is 16.4. The molecule has 3 N–H and O–H groups in total. The van der Waals surface area contributed by atoms with Crippen molar-refractivity contribution >= 4 is 11.9 Å². The fourth-order valence-corrected chi connectivity index (χ4v) is 2.11. The second kappa shape index (κ2) is 6.73. The van der Waals surface area contributed by atoms with Gasteiger partial charge in [0, 0.05) is 19.0 Å². The van der Waals surface area contributed by atoms with Crippen molar-refractivity contribution in [2.24, 2.45) is 0 Å². The minimum atomic E-state index is -0.981. The van der Waals surface area contributed by atoms with Crippen LogP contribution in [0.1, 0.15) is 52.4 Å². The summed E-state index contributed by atoms with van der Waals surface area (Å²) in [5.41, 5.74) is -0.981. The number of carboxylic acids is 1. The number of carbonyl (C=O) groups excluding carboxylic acids is 1. The molecule has 18 heavy (non-hydrogen) atoms. The van der Waals surface area contributed by atoms with E-state index < -0.39 is 11.5 Å². The van der Waals surface area contributed by atoms with Crippen molar-refractivity contribution in [3.05, 3.63) is 0 Å². The summed E-state index contributed by atoms with van der Waals surface area (Å²) >= 11 is 0. The highest BCUT2D eigenvalue weighted by Gasteiger charge is 2.26. The Balaban J connectivity index is 2.18. The van der Waals surface area contributed by atoms with Crippen LogP contribution in [0.5, 0.6) is 0 Å². The van der Waals surface area contributed by atoms with Crippen LogP contribution in [0.25, 0.3) is 0 Å². The van der Waals surface area contributed by atoms with Gasteiger partial charge in [-0.15, -0.1) is 0 Å². The molecule has 0 spiro atoms. The molecule has 0 radical (unpaired) electrons. The molecule has 0 aromatic carbocycles. The Kier molecular flexibility index (Phi) is 5.59. The van der Waals surface area contributed by atoms with Gasteiger partial charge in [-0.1, -0.05) is 19.3 Å². The van der Waals surface area contributed by atoms with Gasteiger partial charge in [0.05, 0.1) is 0 Å². The summed E-state index contributed by atoms with van der Waals surface area (Å²) in [4.78, 5) is 22.5. The zero-order chi connectivity index (χ0) is 13.6. The van der Waals surface area contributed by atoms with Crippen molar-refractivity contribution in [2.75, 3.05) is 6.54 Å². The molecule has 1 fully saturated rings. The molecule has 1 rings (SSSR count). The Hall–Kier alpha value is -1.10. The lowest BCUT2D eigenvalue weighted by molar-refractivity contribution is -0.143. The van der Waals surface area contributed by atoms with E-state index >= 15 is 0 Å². The van der Waals surface area contributed by atoms with E-state index in [0.717, 1.165) is 12.8 Å². The third kappa shape index (κ3) is 5.04. The maximum Gasteiger partial charge on any atom is 0.323 e. The maximum atomic E-state index is 11.7. The molecule has 0 unspecified atom stereocenters. The minimum Gasteiger partial charge on any atom is -0.480 e. The summed E-state index contributed by atoms with van der Waals surface area (Å²) in [5, 5.41) is 14.8. The van der Waals surface area contributed by atoms with Crippen LogP contribution in [0.15, 0.2) is 0 Å². The predicted octanol–water partition coefficient (Wildman–Crippen LogP) is 1.28. The van der Waals surface area contributed by atoms with Crippen LogP contribution in [-0.2, 0) is 9.59 Å². The molecule has 0 atom stereocenters.